The topological polar surface area (TPSA) is 6.48 Å². The molecule has 0 radical (unpaired) electrons. The van der Waals surface area contributed by atoms with Crippen LogP contribution in [0.4, 0.5) is 0 Å². The largest absolute Gasteiger partial charge is 0.292 e. The maximum Gasteiger partial charge on any atom is 0.0736 e. The van der Waals surface area contributed by atoms with Crippen molar-refractivity contribution in [1.29, 1.82) is 0 Å². The molecular formula is C6H14Cl2N2. The van der Waals surface area contributed by atoms with Crippen LogP contribution in [0.5, 0.6) is 0 Å². The smallest absolute Gasteiger partial charge is 0.0736 e. The molecule has 0 saturated carbocycles. The van der Waals surface area contributed by atoms with E-state index in [2.05, 4.69) is 0 Å². The normalized spacial score (nSPS) is 11.4. The van der Waals surface area contributed by atoms with Gasteiger partial charge in [0.1, 0.15) is 0 Å². The highest BCUT2D eigenvalue weighted by Crippen LogP contribution is 1.89. The van der Waals surface area contributed by atoms with Gasteiger partial charge in [0.25, 0.3) is 0 Å². The van der Waals surface area contributed by atoms with Gasteiger partial charge in [0.15, 0.2) is 0 Å². The standard InChI is InChI=1S/C6H14Cl2N2/c1-9(5-7)3-4-10(2)6-8/h3-6H2,1-2H3. The van der Waals surface area contributed by atoms with Gasteiger partial charge in [-0.15, -0.1) is 23.2 Å². The van der Waals surface area contributed by atoms with E-state index in [0.717, 1.165) is 13.1 Å². The molecule has 0 N–H and O–H groups in total. The third-order valence-corrected chi connectivity index (χ3v) is 2.09. The van der Waals surface area contributed by atoms with Crippen LogP contribution in [0, 0.1) is 0 Å². The third-order valence-electron chi connectivity index (χ3n) is 1.27. The number of rotatable bonds is 5. The summed E-state index contributed by atoms with van der Waals surface area (Å²) < 4.78 is 0. The van der Waals surface area contributed by atoms with Gasteiger partial charge >= 0.3 is 0 Å². The second kappa shape index (κ2) is 6.23. The minimum Gasteiger partial charge on any atom is -0.292 e. The summed E-state index contributed by atoms with van der Waals surface area (Å²) in [6, 6.07) is 1.16. The SMILES string of the molecule is CN(CCl)CCN(C)CCl. The fourth-order valence-electron chi connectivity index (χ4n) is 0.461. The summed E-state index contributed by atoms with van der Waals surface area (Å²) in [6.45, 7) is 1.93. The molecule has 0 spiro atoms. The van der Waals surface area contributed by atoms with E-state index in [9.17, 15) is 0 Å². The number of hydrogen-bond donors (Lipinski definition) is 0. The lowest BCUT2D eigenvalue weighted by Gasteiger charge is -2.17. The number of likely N-dealkylation sites (N-methyl/N-ethyl adjacent to an activating group) is 2. The second-order valence-electron chi connectivity index (χ2n) is 2.40. The summed E-state index contributed by atoms with van der Waals surface area (Å²) in [7, 11) is 3.96. The lowest BCUT2D eigenvalue weighted by Crippen LogP contribution is -2.29. The van der Waals surface area contributed by atoms with Crippen LogP contribution in [0.2, 0.25) is 0 Å². The summed E-state index contributed by atoms with van der Waals surface area (Å²) in [5.41, 5.74) is 0. The van der Waals surface area contributed by atoms with Crippen LogP contribution in [0.1, 0.15) is 0 Å². The molecule has 0 aromatic carbocycles. The van der Waals surface area contributed by atoms with Gasteiger partial charge in [-0.3, -0.25) is 9.80 Å². The van der Waals surface area contributed by atoms with Gasteiger partial charge in [-0.2, -0.15) is 0 Å². The summed E-state index contributed by atoms with van der Waals surface area (Å²) in [4.78, 5) is 4.06. The summed E-state index contributed by atoms with van der Waals surface area (Å²) in [5.74, 6) is 0. The molecule has 0 atom stereocenters. The molecule has 62 valence electrons. The van der Waals surface area contributed by atoms with Crippen LogP contribution < -0.4 is 0 Å². The van der Waals surface area contributed by atoms with E-state index in [4.69, 9.17) is 23.2 Å². The van der Waals surface area contributed by atoms with Crippen molar-refractivity contribution < 1.29 is 0 Å². The number of nitrogens with zero attached hydrogens (tertiary/aromatic N) is 2. The molecule has 0 bridgehead atoms. The second-order valence-corrected chi connectivity index (χ2v) is 2.88. The fourth-order valence-corrected chi connectivity index (χ4v) is 0.700. The highest BCUT2D eigenvalue weighted by atomic mass is 35.5. The van der Waals surface area contributed by atoms with Crippen molar-refractivity contribution in [3.63, 3.8) is 0 Å². The number of halogens is 2. The third kappa shape index (κ3) is 5.30. The number of hydrogen-bond acceptors (Lipinski definition) is 2. The van der Waals surface area contributed by atoms with E-state index in [-0.39, 0.29) is 0 Å². The van der Waals surface area contributed by atoms with E-state index in [1.54, 1.807) is 0 Å². The van der Waals surface area contributed by atoms with Gasteiger partial charge < -0.3 is 0 Å². The van der Waals surface area contributed by atoms with Crippen LogP contribution in [0.25, 0.3) is 0 Å². The van der Waals surface area contributed by atoms with E-state index < -0.39 is 0 Å². The van der Waals surface area contributed by atoms with Gasteiger partial charge in [0, 0.05) is 13.1 Å². The molecule has 0 aliphatic rings. The maximum absolute atomic E-state index is 5.55. The van der Waals surface area contributed by atoms with Crippen molar-refractivity contribution in [3.05, 3.63) is 0 Å². The lowest BCUT2D eigenvalue weighted by molar-refractivity contribution is 0.303. The van der Waals surface area contributed by atoms with Crippen molar-refractivity contribution in [1.82, 2.24) is 9.80 Å². The molecule has 0 heterocycles. The van der Waals surface area contributed by atoms with E-state index >= 15 is 0 Å². The monoisotopic (exact) mass is 184 g/mol. The maximum atomic E-state index is 5.55. The van der Waals surface area contributed by atoms with Gasteiger partial charge in [-0.1, -0.05) is 0 Å². The van der Waals surface area contributed by atoms with Gasteiger partial charge in [-0.25, -0.2) is 0 Å². The van der Waals surface area contributed by atoms with E-state index in [1.165, 1.54) is 0 Å². The van der Waals surface area contributed by atoms with E-state index in [0.29, 0.717) is 12.0 Å². The van der Waals surface area contributed by atoms with Gasteiger partial charge in [0.05, 0.1) is 12.0 Å². The quantitative estimate of drug-likeness (QED) is 0.469. The molecule has 0 fully saturated rings. The first-order valence-corrected chi connectivity index (χ1v) is 4.26. The first kappa shape index (κ1) is 10.5. The zero-order chi connectivity index (χ0) is 7.98. The molecule has 0 aliphatic heterocycles. The first-order valence-electron chi connectivity index (χ1n) is 3.19. The Bertz CT molecular complexity index is 70.1. The van der Waals surface area contributed by atoms with Gasteiger partial charge in [0.2, 0.25) is 0 Å². The molecule has 10 heavy (non-hydrogen) atoms. The number of alkyl halides is 2. The van der Waals surface area contributed by atoms with Crippen LogP contribution in [0.15, 0.2) is 0 Å². The van der Waals surface area contributed by atoms with E-state index in [1.807, 2.05) is 23.9 Å². The predicted molar refractivity (Wildman–Crippen MR) is 46.7 cm³/mol. The van der Waals surface area contributed by atoms with Crippen LogP contribution in [-0.4, -0.2) is 49.0 Å². The summed E-state index contributed by atoms with van der Waals surface area (Å²) in [6.07, 6.45) is 0. The molecule has 4 heteroatoms. The van der Waals surface area contributed by atoms with Gasteiger partial charge in [-0.05, 0) is 14.1 Å². The molecule has 0 unspecified atom stereocenters. The molecule has 0 amide bonds. The minimum absolute atomic E-state index is 0.579. The molecule has 0 aromatic heterocycles. The Balaban J connectivity index is 3.17. The Labute approximate surface area is 72.7 Å². The predicted octanol–water partition coefficient (Wildman–Crippen LogP) is 1.24. The Kier molecular flexibility index (Phi) is 6.54. The van der Waals surface area contributed by atoms with Crippen molar-refractivity contribution in [2.45, 2.75) is 0 Å². The van der Waals surface area contributed by atoms with Crippen LogP contribution in [0.3, 0.4) is 0 Å². The average molecular weight is 185 g/mol. The van der Waals surface area contributed by atoms with Crippen LogP contribution >= 0.6 is 23.2 Å². The Morgan fingerprint density at radius 1 is 0.900 bits per heavy atom. The Morgan fingerprint density at radius 3 is 1.40 bits per heavy atom. The zero-order valence-electron chi connectivity index (χ0n) is 6.48. The van der Waals surface area contributed by atoms with Crippen LogP contribution in [-0.2, 0) is 0 Å². The first-order chi connectivity index (χ1) is 4.70. The molecule has 0 aliphatic carbocycles. The summed E-state index contributed by atoms with van der Waals surface area (Å²) >= 11 is 11.1. The highest BCUT2D eigenvalue weighted by molar-refractivity contribution is 6.17. The van der Waals surface area contributed by atoms with Crippen molar-refractivity contribution >= 4 is 23.2 Å². The Hall–Kier alpha value is 0.500. The van der Waals surface area contributed by atoms with Crippen molar-refractivity contribution in [2.75, 3.05) is 39.2 Å². The molecular weight excluding hydrogens is 171 g/mol. The van der Waals surface area contributed by atoms with Crippen molar-refractivity contribution in [2.24, 2.45) is 0 Å². The van der Waals surface area contributed by atoms with Crippen molar-refractivity contribution in [3.8, 4) is 0 Å². The minimum atomic E-state index is 0.579. The molecule has 2 nitrogen and oxygen atoms in total. The zero-order valence-corrected chi connectivity index (χ0v) is 7.99. The lowest BCUT2D eigenvalue weighted by atomic mass is 10.5. The molecule has 0 saturated heterocycles. The fraction of sp³-hybridized carbons (Fsp3) is 1.00. The molecule has 0 rings (SSSR count). The Morgan fingerprint density at radius 2 is 1.20 bits per heavy atom. The average Bonchev–Trinajstić information content (AvgIpc) is 1.99. The summed E-state index contributed by atoms with van der Waals surface area (Å²) in [5, 5.41) is 0. The highest BCUT2D eigenvalue weighted by Gasteiger charge is 1.97. The molecule has 0 aromatic rings.